The van der Waals surface area contributed by atoms with E-state index >= 15 is 0 Å². The highest BCUT2D eigenvalue weighted by Gasteiger charge is 2.55. The van der Waals surface area contributed by atoms with Crippen LogP contribution in [0.5, 0.6) is 0 Å². The Morgan fingerprint density at radius 2 is 1.74 bits per heavy atom. The van der Waals surface area contributed by atoms with Gasteiger partial charge < -0.3 is 10.2 Å². The first-order valence-corrected chi connectivity index (χ1v) is 10.9. The van der Waals surface area contributed by atoms with Crippen LogP contribution in [0.3, 0.4) is 0 Å². The molecule has 4 amide bonds. The summed E-state index contributed by atoms with van der Waals surface area (Å²) in [6.07, 6.45) is 6.83. The van der Waals surface area contributed by atoms with E-state index in [2.05, 4.69) is 29.5 Å². The van der Waals surface area contributed by atoms with E-state index in [0.717, 1.165) is 36.1 Å². The predicted octanol–water partition coefficient (Wildman–Crippen LogP) is 3.03. The summed E-state index contributed by atoms with van der Waals surface area (Å²) >= 11 is 0. The number of nitrogens with one attached hydrogen (secondary N) is 1. The normalized spacial score (nSPS) is 18.1. The maximum atomic E-state index is 13.1. The van der Waals surface area contributed by atoms with Gasteiger partial charge in [-0.3, -0.25) is 14.5 Å². The van der Waals surface area contributed by atoms with Gasteiger partial charge in [0.15, 0.2) is 0 Å². The zero-order chi connectivity index (χ0) is 22.0. The monoisotopic (exact) mass is 423 g/mol. The van der Waals surface area contributed by atoms with Crippen molar-refractivity contribution in [1.29, 1.82) is 0 Å². The van der Waals surface area contributed by atoms with Gasteiger partial charge in [0, 0.05) is 13.1 Å². The van der Waals surface area contributed by atoms with Crippen molar-refractivity contribution in [2.75, 3.05) is 18.9 Å². The molecule has 1 saturated carbocycles. The molecule has 1 aromatic heterocycles. The highest BCUT2D eigenvalue weighted by Crippen LogP contribution is 2.39. The van der Waals surface area contributed by atoms with Crippen molar-refractivity contribution in [2.45, 2.75) is 57.5 Å². The Labute approximate surface area is 182 Å². The Morgan fingerprint density at radius 3 is 2.42 bits per heavy atom. The largest absolute Gasteiger partial charge is 0.327 e. The Balaban J connectivity index is 1.42. The van der Waals surface area contributed by atoms with Crippen LogP contribution in [0.15, 0.2) is 36.5 Å². The number of nitrogens with zero attached hydrogens (tertiary/aromatic N) is 4. The number of aromatic nitrogens is 2. The number of imide groups is 1. The van der Waals surface area contributed by atoms with Crippen LogP contribution in [0, 0.1) is 0 Å². The van der Waals surface area contributed by atoms with Crippen LogP contribution in [0.1, 0.15) is 50.2 Å². The molecule has 2 fully saturated rings. The lowest BCUT2D eigenvalue weighted by Gasteiger charge is -2.35. The summed E-state index contributed by atoms with van der Waals surface area (Å²) in [5, 5.41) is 7.10. The second kappa shape index (κ2) is 8.53. The second-order valence-electron chi connectivity index (χ2n) is 8.42. The first kappa shape index (κ1) is 21.1. The lowest BCUT2D eigenvalue weighted by molar-refractivity contribution is -0.136. The van der Waals surface area contributed by atoms with Crippen molar-refractivity contribution in [3.8, 4) is 0 Å². The van der Waals surface area contributed by atoms with Gasteiger partial charge in [0.1, 0.15) is 17.9 Å². The molecule has 1 aliphatic carbocycles. The lowest BCUT2D eigenvalue weighted by atomic mass is 9.81. The summed E-state index contributed by atoms with van der Waals surface area (Å²) in [4.78, 5) is 41.1. The van der Waals surface area contributed by atoms with Crippen LogP contribution < -0.4 is 5.32 Å². The first-order chi connectivity index (χ1) is 14.9. The lowest BCUT2D eigenvalue weighted by Crippen LogP contribution is -2.49. The molecule has 2 aromatic rings. The van der Waals surface area contributed by atoms with E-state index in [4.69, 9.17) is 0 Å². The number of anilines is 1. The minimum atomic E-state index is -0.776. The molecule has 0 bridgehead atoms. The van der Waals surface area contributed by atoms with Gasteiger partial charge in [0.05, 0.1) is 12.7 Å². The van der Waals surface area contributed by atoms with Crippen LogP contribution in [0.4, 0.5) is 10.6 Å². The van der Waals surface area contributed by atoms with Gasteiger partial charge in [-0.15, -0.1) is 0 Å². The highest BCUT2D eigenvalue weighted by molar-refractivity contribution is 6.10. The minimum Gasteiger partial charge on any atom is -0.313 e. The maximum Gasteiger partial charge on any atom is 0.327 e. The third-order valence-electron chi connectivity index (χ3n) is 6.53. The summed E-state index contributed by atoms with van der Waals surface area (Å²) in [7, 11) is 1.67. The van der Waals surface area contributed by atoms with Crippen LogP contribution in [-0.2, 0) is 22.6 Å². The zero-order valence-electron chi connectivity index (χ0n) is 18.1. The minimum absolute atomic E-state index is 0.251. The summed E-state index contributed by atoms with van der Waals surface area (Å²) in [5.41, 5.74) is 1.56. The van der Waals surface area contributed by atoms with Crippen molar-refractivity contribution < 1.29 is 14.4 Å². The number of likely N-dealkylation sites (N-methyl/N-ethyl adjacent to an activating group) is 1. The number of urea groups is 1. The number of carbonyl (C=O) groups is 3. The van der Waals surface area contributed by atoms with E-state index in [-0.39, 0.29) is 12.5 Å². The number of aryl methyl sites for hydroxylation is 1. The number of benzene rings is 1. The molecule has 1 aliphatic heterocycles. The summed E-state index contributed by atoms with van der Waals surface area (Å²) in [6.45, 7) is 2.33. The van der Waals surface area contributed by atoms with Crippen molar-refractivity contribution in [2.24, 2.45) is 0 Å². The van der Waals surface area contributed by atoms with E-state index in [1.54, 1.807) is 24.0 Å². The van der Waals surface area contributed by atoms with Gasteiger partial charge in [-0.2, -0.15) is 5.10 Å². The van der Waals surface area contributed by atoms with E-state index in [0.29, 0.717) is 25.2 Å². The predicted molar refractivity (Wildman–Crippen MR) is 116 cm³/mol. The number of hydrogen-bond donors (Lipinski definition) is 1. The SMILES string of the molecule is CCc1ccc(Cn2nccc2NC(=O)CN2C(=O)N(C)C3(CCCCC3)C2=O)cc1. The number of rotatable bonds is 6. The highest BCUT2D eigenvalue weighted by atomic mass is 16.2. The molecule has 0 atom stereocenters. The van der Waals surface area contributed by atoms with Gasteiger partial charge in [-0.25, -0.2) is 9.48 Å². The van der Waals surface area contributed by atoms with Crippen LogP contribution in [0.25, 0.3) is 0 Å². The molecule has 1 saturated heterocycles. The van der Waals surface area contributed by atoms with Crippen molar-refractivity contribution >= 4 is 23.7 Å². The average Bonchev–Trinajstić information content (AvgIpc) is 3.28. The van der Waals surface area contributed by atoms with Gasteiger partial charge >= 0.3 is 6.03 Å². The Hall–Kier alpha value is -3.16. The molecule has 4 rings (SSSR count). The van der Waals surface area contributed by atoms with E-state index < -0.39 is 17.5 Å². The van der Waals surface area contributed by atoms with Gasteiger partial charge in [-0.05, 0) is 30.4 Å². The first-order valence-electron chi connectivity index (χ1n) is 10.9. The fourth-order valence-corrected chi connectivity index (χ4v) is 4.62. The van der Waals surface area contributed by atoms with Crippen LogP contribution in [0.2, 0.25) is 0 Å². The van der Waals surface area contributed by atoms with Crippen LogP contribution in [-0.4, -0.2) is 56.6 Å². The van der Waals surface area contributed by atoms with Crippen molar-refractivity contribution in [3.63, 3.8) is 0 Å². The molecule has 31 heavy (non-hydrogen) atoms. The molecular formula is C23H29N5O3. The fraction of sp³-hybridized carbons (Fsp3) is 0.478. The standard InChI is InChI=1S/C23H29N5O3/c1-3-17-7-9-18(10-8-17)15-28-19(11-14-24-28)25-20(29)16-27-21(30)23(26(2)22(27)31)12-5-4-6-13-23/h7-11,14H,3-6,12-13,15-16H2,1-2H3,(H,25,29). The molecule has 8 heteroatoms. The van der Waals surface area contributed by atoms with Crippen molar-refractivity contribution in [3.05, 3.63) is 47.7 Å². The third-order valence-corrected chi connectivity index (χ3v) is 6.53. The molecule has 1 aromatic carbocycles. The zero-order valence-corrected chi connectivity index (χ0v) is 18.1. The number of hydrogen-bond acceptors (Lipinski definition) is 4. The summed E-state index contributed by atoms with van der Waals surface area (Å²) in [5.74, 6) is -0.130. The van der Waals surface area contributed by atoms with E-state index in [9.17, 15) is 14.4 Å². The Kier molecular flexibility index (Phi) is 5.80. The van der Waals surface area contributed by atoms with Gasteiger partial charge in [-0.1, -0.05) is 50.5 Å². The van der Waals surface area contributed by atoms with Gasteiger partial charge in [0.2, 0.25) is 5.91 Å². The molecule has 8 nitrogen and oxygen atoms in total. The van der Waals surface area contributed by atoms with Crippen molar-refractivity contribution in [1.82, 2.24) is 19.6 Å². The molecule has 0 radical (unpaired) electrons. The quantitative estimate of drug-likeness (QED) is 0.724. The molecule has 2 aliphatic rings. The molecule has 1 N–H and O–H groups in total. The molecule has 1 spiro atoms. The smallest absolute Gasteiger partial charge is 0.313 e. The molecule has 164 valence electrons. The van der Waals surface area contributed by atoms with E-state index in [1.807, 2.05) is 12.1 Å². The summed E-state index contributed by atoms with van der Waals surface area (Å²) < 4.78 is 1.70. The topological polar surface area (TPSA) is 87.5 Å². The van der Waals surface area contributed by atoms with E-state index in [1.165, 1.54) is 10.5 Å². The molecular weight excluding hydrogens is 394 g/mol. The average molecular weight is 424 g/mol. The third kappa shape index (κ3) is 3.94. The number of amides is 4. The maximum absolute atomic E-state index is 13.1. The van der Waals surface area contributed by atoms with Gasteiger partial charge in [0.25, 0.3) is 5.91 Å². The Morgan fingerprint density at radius 1 is 1.06 bits per heavy atom. The van der Waals surface area contributed by atoms with Crippen LogP contribution >= 0.6 is 0 Å². The fourth-order valence-electron chi connectivity index (χ4n) is 4.62. The number of carbonyl (C=O) groups excluding carboxylic acids is 3. The molecule has 0 unspecified atom stereocenters. The second-order valence-corrected chi connectivity index (χ2v) is 8.42. The molecule has 2 heterocycles. The summed E-state index contributed by atoms with van der Waals surface area (Å²) in [6, 6.07) is 9.58. The Bertz CT molecular complexity index is 975.